The zero-order chi connectivity index (χ0) is 21.7. The van der Waals surface area contributed by atoms with E-state index < -0.39 is 56.8 Å². The van der Waals surface area contributed by atoms with Crippen molar-refractivity contribution in [2.75, 3.05) is 5.32 Å². The van der Waals surface area contributed by atoms with E-state index in [2.05, 4.69) is 10.4 Å². The molecule has 1 aromatic carbocycles. The second-order valence-electron chi connectivity index (χ2n) is 5.77. The van der Waals surface area contributed by atoms with E-state index in [1.54, 1.807) is 0 Å². The molecule has 1 N–H and O–H groups in total. The molecule has 0 aliphatic carbocycles. The summed E-state index contributed by atoms with van der Waals surface area (Å²) in [7, 11) is 0.939. The van der Waals surface area contributed by atoms with Crippen LogP contribution in [0.1, 0.15) is 21.7 Å². The van der Waals surface area contributed by atoms with E-state index in [1.807, 2.05) is 0 Å². The number of rotatable bonds is 2. The van der Waals surface area contributed by atoms with Crippen molar-refractivity contribution in [1.82, 2.24) is 9.78 Å². The summed E-state index contributed by atoms with van der Waals surface area (Å²) in [4.78, 5) is 23.6. The van der Waals surface area contributed by atoms with Crippen LogP contribution in [0.15, 0.2) is 33.5 Å². The van der Waals surface area contributed by atoms with Crippen LogP contribution in [0, 0.1) is 0 Å². The molecule has 2 heterocycles. The monoisotopic (exact) mass is 439 g/mol. The average Bonchev–Trinajstić information content (AvgIpc) is 2.87. The second-order valence-corrected chi connectivity index (χ2v) is 6.15. The lowest BCUT2D eigenvalue weighted by molar-refractivity contribution is -0.143. The molecule has 0 saturated carbocycles. The summed E-state index contributed by atoms with van der Waals surface area (Å²) >= 11 is 5.61. The zero-order valence-electron chi connectivity index (χ0n) is 14.1. The van der Waals surface area contributed by atoms with Gasteiger partial charge in [0.25, 0.3) is 5.91 Å². The summed E-state index contributed by atoms with van der Waals surface area (Å²) in [6.07, 6.45) is -9.69. The molecule has 0 spiro atoms. The van der Waals surface area contributed by atoms with Gasteiger partial charge in [0.05, 0.1) is 5.56 Å². The number of halogens is 7. The van der Waals surface area contributed by atoms with Crippen LogP contribution < -0.4 is 10.9 Å². The molecule has 6 nitrogen and oxygen atoms in total. The average molecular weight is 440 g/mol. The highest BCUT2D eigenvalue weighted by molar-refractivity contribution is 6.34. The zero-order valence-corrected chi connectivity index (χ0v) is 14.8. The molecule has 154 valence electrons. The molecule has 3 aromatic rings. The number of nitrogens with zero attached hydrogens (tertiary/aromatic N) is 2. The van der Waals surface area contributed by atoms with Gasteiger partial charge in [0.15, 0.2) is 11.4 Å². The van der Waals surface area contributed by atoms with Gasteiger partial charge in [0.1, 0.15) is 10.6 Å². The molecule has 0 aliphatic rings. The van der Waals surface area contributed by atoms with Gasteiger partial charge in [-0.15, -0.1) is 0 Å². The van der Waals surface area contributed by atoms with Crippen molar-refractivity contribution < 1.29 is 35.6 Å². The van der Waals surface area contributed by atoms with Crippen molar-refractivity contribution >= 4 is 34.2 Å². The van der Waals surface area contributed by atoms with Crippen molar-refractivity contribution in [3.05, 3.63) is 56.7 Å². The Kier molecular flexibility index (Phi) is 4.85. The maximum Gasteiger partial charge on any atom is 0.434 e. The number of nitrogens with one attached hydrogen (secondary N) is 1. The number of carbonyl (C=O) groups is 1. The fraction of sp³-hybridized carbons (Fsp3) is 0.188. The van der Waals surface area contributed by atoms with Gasteiger partial charge in [0.2, 0.25) is 0 Å². The molecular weight excluding hydrogens is 432 g/mol. The maximum absolute atomic E-state index is 13.0. The van der Waals surface area contributed by atoms with Crippen molar-refractivity contribution in [3.63, 3.8) is 0 Å². The first-order chi connectivity index (χ1) is 13.3. The van der Waals surface area contributed by atoms with Crippen molar-refractivity contribution in [2.24, 2.45) is 7.05 Å². The quantitative estimate of drug-likeness (QED) is 0.472. The molecule has 0 radical (unpaired) electrons. The fourth-order valence-corrected chi connectivity index (χ4v) is 2.97. The van der Waals surface area contributed by atoms with Gasteiger partial charge >= 0.3 is 18.0 Å². The van der Waals surface area contributed by atoms with Crippen molar-refractivity contribution in [1.29, 1.82) is 0 Å². The molecule has 0 fully saturated rings. The lowest BCUT2D eigenvalue weighted by Crippen LogP contribution is -2.14. The summed E-state index contributed by atoms with van der Waals surface area (Å²) in [5, 5.41) is 4.20. The van der Waals surface area contributed by atoms with Crippen molar-refractivity contribution in [3.8, 4) is 0 Å². The van der Waals surface area contributed by atoms with Crippen LogP contribution in [-0.2, 0) is 19.4 Å². The van der Waals surface area contributed by atoms with Crippen LogP contribution in [0.25, 0.3) is 11.0 Å². The molecule has 0 aliphatic heterocycles. The van der Waals surface area contributed by atoms with E-state index in [-0.39, 0.29) is 11.8 Å². The number of hydrogen-bond acceptors (Lipinski definition) is 4. The van der Waals surface area contributed by atoms with Gasteiger partial charge < -0.3 is 9.73 Å². The minimum Gasteiger partial charge on any atom is -0.423 e. The number of alkyl halides is 6. The van der Waals surface area contributed by atoms with Crippen LogP contribution in [-0.4, -0.2) is 15.7 Å². The normalized spacial score (nSPS) is 12.4. The Balaban J connectivity index is 2.00. The number of aryl methyl sites for hydroxylation is 1. The Labute approximate surface area is 161 Å². The van der Waals surface area contributed by atoms with Crippen molar-refractivity contribution in [2.45, 2.75) is 12.4 Å². The summed E-state index contributed by atoms with van der Waals surface area (Å²) in [6.45, 7) is 0. The van der Waals surface area contributed by atoms with Crippen LogP contribution in [0.4, 0.5) is 32.0 Å². The number of fused-ring (bicyclic) bond motifs is 1. The fourth-order valence-electron chi connectivity index (χ4n) is 2.62. The summed E-state index contributed by atoms with van der Waals surface area (Å²) in [5.74, 6) is -1.14. The van der Waals surface area contributed by atoms with E-state index in [1.165, 1.54) is 0 Å². The van der Waals surface area contributed by atoms with Gasteiger partial charge in [-0.25, -0.2) is 4.79 Å². The molecule has 0 unspecified atom stereocenters. The number of amides is 1. The van der Waals surface area contributed by atoms with E-state index in [9.17, 15) is 35.9 Å². The van der Waals surface area contributed by atoms with Gasteiger partial charge in [-0.05, 0) is 12.1 Å². The number of anilines is 1. The largest absolute Gasteiger partial charge is 0.434 e. The minimum absolute atomic E-state index is 0.153. The first-order valence-electron chi connectivity index (χ1n) is 7.55. The number of benzene rings is 1. The molecule has 1 amide bonds. The number of carbonyl (C=O) groups excluding carboxylic acids is 1. The molecule has 0 atom stereocenters. The predicted molar refractivity (Wildman–Crippen MR) is 88.7 cm³/mol. The van der Waals surface area contributed by atoms with E-state index in [0.29, 0.717) is 4.68 Å². The molecule has 3 rings (SSSR count). The third-order valence-electron chi connectivity index (χ3n) is 3.78. The van der Waals surface area contributed by atoms with E-state index in [4.69, 9.17) is 16.0 Å². The highest BCUT2D eigenvalue weighted by Gasteiger charge is 2.40. The second kappa shape index (κ2) is 6.79. The Morgan fingerprint density at radius 3 is 2.34 bits per heavy atom. The smallest absolute Gasteiger partial charge is 0.423 e. The lowest BCUT2D eigenvalue weighted by atomic mass is 10.1. The molecule has 2 aromatic heterocycles. The third kappa shape index (κ3) is 3.92. The Morgan fingerprint density at radius 1 is 1.14 bits per heavy atom. The first kappa shape index (κ1) is 20.7. The molecule has 0 bridgehead atoms. The number of aromatic nitrogens is 2. The summed E-state index contributed by atoms with van der Waals surface area (Å²) in [6, 6.07) is 3.20. The van der Waals surface area contributed by atoms with Gasteiger partial charge in [-0.3, -0.25) is 9.48 Å². The van der Waals surface area contributed by atoms with Crippen LogP contribution >= 0.6 is 11.6 Å². The lowest BCUT2D eigenvalue weighted by Gasteiger charge is -2.10. The van der Waals surface area contributed by atoms with E-state index in [0.717, 1.165) is 25.2 Å². The Morgan fingerprint density at radius 2 is 1.79 bits per heavy atom. The summed E-state index contributed by atoms with van der Waals surface area (Å²) in [5.41, 5.74) is -5.22. The summed E-state index contributed by atoms with van der Waals surface area (Å²) < 4.78 is 83.1. The molecule has 0 saturated heterocycles. The SMILES string of the molecule is Cn1nc(C(=O)Nc2ccc3c(C(F)(F)F)cc(=O)oc3c2)c(Cl)c1C(F)(F)F. The van der Waals surface area contributed by atoms with Gasteiger partial charge in [-0.1, -0.05) is 11.6 Å². The topological polar surface area (TPSA) is 77.1 Å². The van der Waals surface area contributed by atoms with E-state index >= 15 is 0 Å². The molecule has 13 heteroatoms. The van der Waals surface area contributed by atoms with Crippen LogP contribution in [0.3, 0.4) is 0 Å². The first-order valence-corrected chi connectivity index (χ1v) is 7.93. The highest BCUT2D eigenvalue weighted by Crippen LogP contribution is 2.37. The number of hydrogen-bond donors (Lipinski definition) is 1. The standard InChI is InChI=1S/C16H8ClF6N3O3/c1-26-13(16(21,22)23)11(17)12(25-26)14(28)24-6-2-3-7-8(15(18,19)20)5-10(27)29-9(7)4-6/h2-5H,1H3,(H,24,28). The van der Waals surface area contributed by atoms with Crippen LogP contribution in [0.2, 0.25) is 5.02 Å². The van der Waals surface area contributed by atoms with Crippen LogP contribution in [0.5, 0.6) is 0 Å². The molecular formula is C16H8ClF6N3O3. The minimum atomic E-state index is -4.86. The maximum atomic E-state index is 13.0. The highest BCUT2D eigenvalue weighted by atomic mass is 35.5. The predicted octanol–water partition coefficient (Wildman–Crippen LogP) is 4.47. The third-order valence-corrected chi connectivity index (χ3v) is 4.14. The Hall–Kier alpha value is -3.02. The van der Waals surface area contributed by atoms with Gasteiger partial charge in [-0.2, -0.15) is 31.4 Å². The molecule has 29 heavy (non-hydrogen) atoms. The Bertz CT molecular complexity index is 1180. The van der Waals surface area contributed by atoms with Gasteiger partial charge in [0, 0.05) is 30.3 Å².